The molecule has 2 nitrogen and oxygen atoms in total. The zero-order chi connectivity index (χ0) is 13.0. The van der Waals surface area contributed by atoms with E-state index in [4.69, 9.17) is 4.42 Å². The van der Waals surface area contributed by atoms with Gasteiger partial charge in [-0.05, 0) is 18.6 Å². The second kappa shape index (κ2) is 5.69. The summed E-state index contributed by atoms with van der Waals surface area (Å²) < 4.78 is 5.46. The Hall–Kier alpha value is -1.80. The van der Waals surface area contributed by atoms with Gasteiger partial charge in [0.05, 0.1) is 12.4 Å². The molecule has 2 heteroatoms. The number of aliphatic hydroxyl groups excluding tert-OH is 1. The molecule has 0 bridgehead atoms. The summed E-state index contributed by atoms with van der Waals surface area (Å²) in [4.78, 5) is 0. The smallest absolute Gasteiger partial charge is 0.116 e. The standard InChI is InChI=1S/C16H18O2/c1-12(13(2)17)16-15(10-11-18-16)9-8-14-6-4-3-5-7-14/h3-13,17H,1-2H3/b9-8+/t12-,13+/m0/s1. The monoisotopic (exact) mass is 242 g/mol. The highest BCUT2D eigenvalue weighted by atomic mass is 16.3. The highest BCUT2D eigenvalue weighted by Crippen LogP contribution is 2.25. The molecule has 0 spiro atoms. The first-order chi connectivity index (χ1) is 8.68. The topological polar surface area (TPSA) is 33.4 Å². The van der Waals surface area contributed by atoms with Gasteiger partial charge in [0, 0.05) is 11.5 Å². The summed E-state index contributed by atoms with van der Waals surface area (Å²) >= 11 is 0. The minimum atomic E-state index is -0.417. The molecule has 1 aromatic carbocycles. The van der Waals surface area contributed by atoms with E-state index >= 15 is 0 Å². The fraction of sp³-hybridized carbons (Fsp3) is 0.250. The normalized spacial score (nSPS) is 14.8. The minimum absolute atomic E-state index is 0.00424. The van der Waals surface area contributed by atoms with Crippen LogP contribution in [-0.2, 0) is 0 Å². The molecule has 1 N–H and O–H groups in total. The Morgan fingerprint density at radius 1 is 1.06 bits per heavy atom. The van der Waals surface area contributed by atoms with Crippen LogP contribution in [0, 0.1) is 0 Å². The molecule has 2 aromatic rings. The Balaban J connectivity index is 2.20. The van der Waals surface area contributed by atoms with E-state index in [9.17, 15) is 5.11 Å². The van der Waals surface area contributed by atoms with Crippen molar-refractivity contribution in [2.75, 3.05) is 0 Å². The molecular formula is C16H18O2. The van der Waals surface area contributed by atoms with Crippen molar-refractivity contribution in [3.63, 3.8) is 0 Å². The Morgan fingerprint density at radius 2 is 1.78 bits per heavy atom. The maximum Gasteiger partial charge on any atom is 0.116 e. The van der Waals surface area contributed by atoms with Crippen molar-refractivity contribution in [3.05, 3.63) is 59.5 Å². The van der Waals surface area contributed by atoms with Gasteiger partial charge in [-0.3, -0.25) is 0 Å². The summed E-state index contributed by atoms with van der Waals surface area (Å²) in [5, 5.41) is 9.62. The average Bonchev–Trinajstić information content (AvgIpc) is 2.84. The number of aliphatic hydroxyl groups is 1. The van der Waals surface area contributed by atoms with Gasteiger partial charge in [-0.2, -0.15) is 0 Å². The number of hydrogen-bond donors (Lipinski definition) is 1. The maximum absolute atomic E-state index is 9.62. The fourth-order valence-corrected chi connectivity index (χ4v) is 1.81. The second-order valence-corrected chi connectivity index (χ2v) is 4.51. The predicted molar refractivity (Wildman–Crippen MR) is 74.2 cm³/mol. The Morgan fingerprint density at radius 3 is 2.44 bits per heavy atom. The van der Waals surface area contributed by atoms with Gasteiger partial charge in [-0.1, -0.05) is 49.4 Å². The molecule has 0 amide bonds. The van der Waals surface area contributed by atoms with Crippen LogP contribution >= 0.6 is 0 Å². The van der Waals surface area contributed by atoms with E-state index in [0.29, 0.717) is 0 Å². The molecule has 0 aliphatic rings. The largest absolute Gasteiger partial charge is 0.468 e. The molecule has 18 heavy (non-hydrogen) atoms. The quantitative estimate of drug-likeness (QED) is 0.881. The minimum Gasteiger partial charge on any atom is -0.468 e. The first-order valence-electron chi connectivity index (χ1n) is 6.17. The van der Waals surface area contributed by atoms with Crippen molar-refractivity contribution in [1.29, 1.82) is 0 Å². The lowest BCUT2D eigenvalue weighted by Gasteiger charge is -2.12. The van der Waals surface area contributed by atoms with Crippen LogP contribution in [0.3, 0.4) is 0 Å². The Bertz CT molecular complexity index is 509. The van der Waals surface area contributed by atoms with Gasteiger partial charge >= 0.3 is 0 Å². The summed E-state index contributed by atoms with van der Waals surface area (Å²) in [5.41, 5.74) is 2.17. The molecule has 94 valence electrons. The highest BCUT2D eigenvalue weighted by Gasteiger charge is 2.17. The average molecular weight is 242 g/mol. The van der Waals surface area contributed by atoms with Gasteiger partial charge in [0.1, 0.15) is 5.76 Å². The zero-order valence-corrected chi connectivity index (χ0v) is 10.7. The lowest BCUT2D eigenvalue weighted by Crippen LogP contribution is -2.10. The first-order valence-corrected chi connectivity index (χ1v) is 6.17. The van der Waals surface area contributed by atoms with Crippen LogP contribution in [0.25, 0.3) is 12.2 Å². The van der Waals surface area contributed by atoms with E-state index in [0.717, 1.165) is 16.9 Å². The molecule has 0 aliphatic heterocycles. The van der Waals surface area contributed by atoms with Crippen LogP contribution in [-0.4, -0.2) is 11.2 Å². The molecule has 2 atom stereocenters. The van der Waals surface area contributed by atoms with Gasteiger partial charge in [0.2, 0.25) is 0 Å². The van der Waals surface area contributed by atoms with E-state index in [1.165, 1.54) is 0 Å². The van der Waals surface area contributed by atoms with E-state index in [2.05, 4.69) is 0 Å². The van der Waals surface area contributed by atoms with Crippen LogP contribution in [0.4, 0.5) is 0 Å². The first kappa shape index (κ1) is 12.7. The number of furan rings is 1. The third-order valence-corrected chi connectivity index (χ3v) is 3.12. The van der Waals surface area contributed by atoms with Gasteiger partial charge in [-0.25, -0.2) is 0 Å². The summed E-state index contributed by atoms with van der Waals surface area (Å²) in [6.07, 6.45) is 5.31. The molecule has 0 fully saturated rings. The van der Waals surface area contributed by atoms with E-state index in [1.54, 1.807) is 13.2 Å². The van der Waals surface area contributed by atoms with Crippen LogP contribution in [0.1, 0.15) is 36.7 Å². The van der Waals surface area contributed by atoms with Crippen molar-refractivity contribution in [2.24, 2.45) is 0 Å². The van der Waals surface area contributed by atoms with Crippen LogP contribution in [0.15, 0.2) is 47.1 Å². The molecule has 0 unspecified atom stereocenters. The third kappa shape index (κ3) is 2.90. The molecule has 0 saturated carbocycles. The van der Waals surface area contributed by atoms with Crippen LogP contribution < -0.4 is 0 Å². The van der Waals surface area contributed by atoms with E-state index in [1.807, 2.05) is 55.5 Å². The molecule has 2 rings (SSSR count). The van der Waals surface area contributed by atoms with E-state index < -0.39 is 6.10 Å². The summed E-state index contributed by atoms with van der Waals surface area (Å²) in [6.45, 7) is 3.74. The van der Waals surface area contributed by atoms with Crippen molar-refractivity contribution in [2.45, 2.75) is 25.9 Å². The molecule has 1 heterocycles. The Labute approximate surface area is 108 Å². The zero-order valence-electron chi connectivity index (χ0n) is 10.7. The molecule has 1 aromatic heterocycles. The maximum atomic E-state index is 9.62. The third-order valence-electron chi connectivity index (χ3n) is 3.12. The molecule has 0 aliphatic carbocycles. The highest BCUT2D eigenvalue weighted by molar-refractivity contribution is 5.70. The lowest BCUT2D eigenvalue weighted by atomic mass is 9.99. The van der Waals surface area contributed by atoms with Gasteiger partial charge < -0.3 is 9.52 Å². The molecule has 0 radical (unpaired) electrons. The van der Waals surface area contributed by atoms with Crippen molar-refractivity contribution < 1.29 is 9.52 Å². The van der Waals surface area contributed by atoms with Gasteiger partial charge in [0.15, 0.2) is 0 Å². The van der Waals surface area contributed by atoms with Crippen LogP contribution in [0.2, 0.25) is 0 Å². The van der Waals surface area contributed by atoms with Crippen molar-refractivity contribution in [3.8, 4) is 0 Å². The summed E-state index contributed by atoms with van der Waals surface area (Å²) in [7, 11) is 0. The number of hydrogen-bond acceptors (Lipinski definition) is 2. The predicted octanol–water partition coefficient (Wildman–Crippen LogP) is 3.93. The van der Waals surface area contributed by atoms with E-state index in [-0.39, 0.29) is 5.92 Å². The summed E-state index contributed by atoms with van der Waals surface area (Å²) in [5.74, 6) is 0.826. The Kier molecular flexibility index (Phi) is 4.00. The van der Waals surface area contributed by atoms with Crippen molar-refractivity contribution in [1.82, 2.24) is 0 Å². The fourth-order valence-electron chi connectivity index (χ4n) is 1.81. The molecule has 0 saturated heterocycles. The van der Waals surface area contributed by atoms with Gasteiger partial charge in [-0.15, -0.1) is 0 Å². The van der Waals surface area contributed by atoms with Crippen molar-refractivity contribution >= 4 is 12.2 Å². The van der Waals surface area contributed by atoms with Gasteiger partial charge in [0.25, 0.3) is 0 Å². The number of benzene rings is 1. The molecular weight excluding hydrogens is 224 g/mol. The summed E-state index contributed by atoms with van der Waals surface area (Å²) in [6, 6.07) is 12.0. The van der Waals surface area contributed by atoms with Crippen LogP contribution in [0.5, 0.6) is 0 Å². The lowest BCUT2D eigenvalue weighted by molar-refractivity contribution is 0.158. The second-order valence-electron chi connectivity index (χ2n) is 4.51. The SMILES string of the molecule is C[C@H](c1occc1/C=C/c1ccccc1)[C@@H](C)O. The number of rotatable bonds is 4.